The van der Waals surface area contributed by atoms with Gasteiger partial charge in [-0.3, -0.25) is 4.79 Å². The highest BCUT2D eigenvalue weighted by Gasteiger charge is 2.33. The summed E-state index contributed by atoms with van der Waals surface area (Å²) in [7, 11) is -2.11. The summed E-state index contributed by atoms with van der Waals surface area (Å²) in [5.74, 6) is 0.105. The van der Waals surface area contributed by atoms with Crippen LogP contribution in [0.15, 0.2) is 59.5 Å². The van der Waals surface area contributed by atoms with Crippen LogP contribution in [0, 0.1) is 5.92 Å². The maximum Gasteiger partial charge on any atom is 0.243 e. The average Bonchev–Trinajstić information content (AvgIpc) is 2.79. The number of piperidine rings is 1. The van der Waals surface area contributed by atoms with Crippen LogP contribution in [0.2, 0.25) is 0 Å². The van der Waals surface area contributed by atoms with Crippen LogP contribution in [-0.4, -0.2) is 52.0 Å². The first-order valence-electron chi connectivity index (χ1n) is 10.0. The summed E-state index contributed by atoms with van der Waals surface area (Å²) in [5, 5.41) is 2.86. The summed E-state index contributed by atoms with van der Waals surface area (Å²) in [5.41, 5.74) is 1.08. The third kappa shape index (κ3) is 5.81. The molecule has 2 aromatic carbocycles. The molecule has 1 amide bonds. The summed E-state index contributed by atoms with van der Waals surface area (Å²) < 4.78 is 37.9. The summed E-state index contributed by atoms with van der Waals surface area (Å²) >= 11 is 0. The van der Waals surface area contributed by atoms with Crippen LogP contribution in [-0.2, 0) is 26.2 Å². The number of carbonyl (C=O) groups is 1. The standard InChI is InChI=1S/C22H28N2O5S/c1-28-20-9-11-21(12-10-20)30(26,27)24-14-5-8-19(16-24)22(25)23-13-15-29-17-18-6-3-2-4-7-18/h2-4,6-7,9-12,19H,5,8,13-17H2,1H3,(H,23,25). The Morgan fingerprint density at radius 3 is 2.57 bits per heavy atom. The fraction of sp³-hybridized carbons (Fsp3) is 0.409. The Morgan fingerprint density at radius 2 is 1.87 bits per heavy atom. The molecule has 1 N–H and O–H groups in total. The van der Waals surface area contributed by atoms with Gasteiger partial charge < -0.3 is 14.8 Å². The van der Waals surface area contributed by atoms with Gasteiger partial charge in [0.15, 0.2) is 0 Å². The number of nitrogens with zero attached hydrogens (tertiary/aromatic N) is 1. The zero-order valence-electron chi connectivity index (χ0n) is 17.1. The van der Waals surface area contributed by atoms with Gasteiger partial charge >= 0.3 is 0 Å². The van der Waals surface area contributed by atoms with E-state index in [-0.39, 0.29) is 23.3 Å². The Labute approximate surface area is 178 Å². The Morgan fingerprint density at radius 1 is 1.13 bits per heavy atom. The predicted molar refractivity (Wildman–Crippen MR) is 114 cm³/mol. The van der Waals surface area contributed by atoms with Gasteiger partial charge in [0.1, 0.15) is 5.75 Å². The van der Waals surface area contributed by atoms with Gasteiger partial charge in [0, 0.05) is 19.6 Å². The molecule has 7 nitrogen and oxygen atoms in total. The maximum absolute atomic E-state index is 12.9. The number of benzene rings is 2. The SMILES string of the molecule is COc1ccc(S(=O)(=O)N2CCCC(C(=O)NCCOCc3ccccc3)C2)cc1. The van der Waals surface area contributed by atoms with E-state index in [4.69, 9.17) is 9.47 Å². The Balaban J connectivity index is 1.47. The number of rotatable bonds is 9. The number of amides is 1. The molecule has 1 atom stereocenters. The molecule has 0 aliphatic carbocycles. The van der Waals surface area contributed by atoms with Crippen LogP contribution in [0.3, 0.4) is 0 Å². The molecule has 30 heavy (non-hydrogen) atoms. The topological polar surface area (TPSA) is 84.9 Å². The van der Waals surface area contributed by atoms with Crippen molar-refractivity contribution in [1.82, 2.24) is 9.62 Å². The highest BCUT2D eigenvalue weighted by Crippen LogP contribution is 2.25. The number of ether oxygens (including phenoxy) is 2. The first-order chi connectivity index (χ1) is 14.5. The lowest BCUT2D eigenvalue weighted by molar-refractivity contribution is -0.126. The second kappa shape index (κ2) is 10.6. The number of nitrogens with one attached hydrogen (secondary N) is 1. The van der Waals surface area contributed by atoms with Crippen LogP contribution in [0.5, 0.6) is 5.75 Å². The summed E-state index contributed by atoms with van der Waals surface area (Å²) in [4.78, 5) is 12.7. The molecule has 1 saturated heterocycles. The van der Waals surface area contributed by atoms with E-state index in [1.54, 1.807) is 12.1 Å². The largest absolute Gasteiger partial charge is 0.497 e. The van der Waals surface area contributed by atoms with Crippen molar-refractivity contribution in [2.24, 2.45) is 5.92 Å². The quantitative estimate of drug-likeness (QED) is 0.615. The minimum absolute atomic E-state index is 0.132. The first kappa shape index (κ1) is 22.3. The van der Waals surface area contributed by atoms with Crippen molar-refractivity contribution in [1.29, 1.82) is 0 Å². The molecule has 2 aromatic rings. The predicted octanol–water partition coefficient (Wildman–Crippen LogP) is 2.43. The highest BCUT2D eigenvalue weighted by molar-refractivity contribution is 7.89. The van der Waals surface area contributed by atoms with Crippen molar-refractivity contribution in [2.75, 3.05) is 33.4 Å². The van der Waals surface area contributed by atoms with E-state index < -0.39 is 10.0 Å². The lowest BCUT2D eigenvalue weighted by Crippen LogP contribution is -2.45. The molecule has 1 unspecified atom stereocenters. The monoisotopic (exact) mass is 432 g/mol. The molecule has 1 heterocycles. The van der Waals surface area contributed by atoms with E-state index in [2.05, 4.69) is 5.32 Å². The van der Waals surface area contributed by atoms with Crippen molar-refractivity contribution >= 4 is 15.9 Å². The molecule has 0 radical (unpaired) electrons. The Bertz CT molecular complexity index is 916. The summed E-state index contributed by atoms with van der Waals surface area (Å²) in [6, 6.07) is 16.1. The third-order valence-electron chi connectivity index (χ3n) is 5.11. The van der Waals surface area contributed by atoms with E-state index in [0.717, 1.165) is 5.56 Å². The maximum atomic E-state index is 12.9. The molecule has 0 aromatic heterocycles. The Hall–Kier alpha value is -2.42. The van der Waals surface area contributed by atoms with E-state index in [9.17, 15) is 13.2 Å². The number of sulfonamides is 1. The second-order valence-electron chi connectivity index (χ2n) is 7.21. The summed E-state index contributed by atoms with van der Waals surface area (Å²) in [6.07, 6.45) is 1.32. The van der Waals surface area contributed by atoms with Crippen LogP contribution >= 0.6 is 0 Å². The summed E-state index contributed by atoms with van der Waals surface area (Å²) in [6.45, 7) is 1.89. The van der Waals surface area contributed by atoms with Crippen molar-refractivity contribution in [3.05, 3.63) is 60.2 Å². The minimum Gasteiger partial charge on any atom is -0.497 e. The molecule has 0 spiro atoms. The number of methoxy groups -OCH3 is 1. The van der Waals surface area contributed by atoms with E-state index in [1.807, 2.05) is 30.3 Å². The Kier molecular flexibility index (Phi) is 7.84. The molecule has 3 rings (SSSR count). The van der Waals surface area contributed by atoms with Gasteiger partial charge in [-0.15, -0.1) is 0 Å². The normalized spacial score (nSPS) is 17.4. The van der Waals surface area contributed by atoms with Gasteiger partial charge in [-0.05, 0) is 42.7 Å². The molecule has 0 bridgehead atoms. The second-order valence-corrected chi connectivity index (χ2v) is 9.14. The van der Waals surface area contributed by atoms with E-state index >= 15 is 0 Å². The number of carbonyl (C=O) groups excluding carboxylic acids is 1. The van der Waals surface area contributed by atoms with Gasteiger partial charge in [0.25, 0.3) is 0 Å². The molecule has 1 aliphatic rings. The van der Waals surface area contributed by atoms with Crippen molar-refractivity contribution in [3.8, 4) is 5.75 Å². The molecule has 0 saturated carbocycles. The van der Waals surface area contributed by atoms with Gasteiger partial charge in [-0.1, -0.05) is 30.3 Å². The molecular weight excluding hydrogens is 404 g/mol. The van der Waals surface area contributed by atoms with Gasteiger partial charge in [-0.2, -0.15) is 4.31 Å². The minimum atomic E-state index is -3.64. The van der Waals surface area contributed by atoms with Crippen LogP contribution < -0.4 is 10.1 Å². The zero-order chi connectivity index (χ0) is 21.4. The van der Waals surface area contributed by atoms with Crippen LogP contribution in [0.25, 0.3) is 0 Å². The highest BCUT2D eigenvalue weighted by atomic mass is 32.2. The fourth-order valence-corrected chi connectivity index (χ4v) is 4.95. The molecule has 1 fully saturated rings. The van der Waals surface area contributed by atoms with Crippen molar-refractivity contribution in [3.63, 3.8) is 0 Å². The average molecular weight is 433 g/mol. The smallest absolute Gasteiger partial charge is 0.243 e. The lowest BCUT2D eigenvalue weighted by Gasteiger charge is -2.31. The molecule has 8 heteroatoms. The van der Waals surface area contributed by atoms with E-state index in [0.29, 0.717) is 44.9 Å². The third-order valence-corrected chi connectivity index (χ3v) is 6.99. The first-order valence-corrected chi connectivity index (χ1v) is 11.5. The van der Waals surface area contributed by atoms with Gasteiger partial charge in [-0.25, -0.2) is 8.42 Å². The van der Waals surface area contributed by atoms with E-state index in [1.165, 1.54) is 23.5 Å². The molecule has 162 valence electrons. The van der Waals surface area contributed by atoms with Crippen molar-refractivity contribution in [2.45, 2.75) is 24.3 Å². The number of hydrogen-bond acceptors (Lipinski definition) is 5. The fourth-order valence-electron chi connectivity index (χ4n) is 3.43. The molecule has 1 aliphatic heterocycles. The van der Waals surface area contributed by atoms with Gasteiger partial charge in [0.2, 0.25) is 15.9 Å². The zero-order valence-corrected chi connectivity index (χ0v) is 17.9. The van der Waals surface area contributed by atoms with Gasteiger partial charge in [0.05, 0.1) is 31.1 Å². The van der Waals surface area contributed by atoms with Crippen LogP contribution in [0.1, 0.15) is 18.4 Å². The van der Waals surface area contributed by atoms with Crippen molar-refractivity contribution < 1.29 is 22.7 Å². The van der Waals surface area contributed by atoms with Crippen LogP contribution in [0.4, 0.5) is 0 Å². The lowest BCUT2D eigenvalue weighted by atomic mass is 9.99. The molecular formula is C22H28N2O5S. The number of hydrogen-bond donors (Lipinski definition) is 1.